The van der Waals surface area contributed by atoms with E-state index in [-0.39, 0.29) is 5.91 Å². The minimum atomic E-state index is 0.152. The van der Waals surface area contributed by atoms with E-state index in [1.54, 1.807) is 6.92 Å². The van der Waals surface area contributed by atoms with Crippen molar-refractivity contribution < 1.29 is 9.21 Å². The van der Waals surface area contributed by atoms with Gasteiger partial charge >= 0.3 is 0 Å². The quantitative estimate of drug-likeness (QED) is 0.536. The lowest BCUT2D eigenvalue weighted by Gasteiger charge is -2.44. The number of rotatable bonds is 5. The average molecular weight is 448 g/mol. The van der Waals surface area contributed by atoms with Crippen LogP contribution in [0, 0.1) is 18.8 Å². The lowest BCUT2D eigenvalue weighted by molar-refractivity contribution is 0.0390. The minimum Gasteiger partial charge on any atom is -0.420 e. The first kappa shape index (κ1) is 21.9. The third-order valence-corrected chi connectivity index (χ3v) is 6.99. The Balaban J connectivity index is 1.47. The molecule has 2 aromatic heterocycles. The second kappa shape index (κ2) is 9.12. The highest BCUT2D eigenvalue weighted by molar-refractivity contribution is 5.95. The van der Waals surface area contributed by atoms with Crippen molar-refractivity contribution >= 4 is 5.91 Å². The molecular formula is C26H33N5O2. The topological polar surface area (TPSA) is 77.1 Å². The summed E-state index contributed by atoms with van der Waals surface area (Å²) in [7, 11) is 0. The monoisotopic (exact) mass is 447 g/mol. The van der Waals surface area contributed by atoms with E-state index in [0.29, 0.717) is 35.4 Å². The Bertz CT molecular complexity index is 1130. The highest BCUT2D eigenvalue weighted by Gasteiger charge is 2.36. The molecule has 1 aromatic carbocycles. The number of aromatic nitrogens is 4. The van der Waals surface area contributed by atoms with E-state index in [9.17, 15) is 4.79 Å². The molecular weight excluding hydrogens is 414 g/mol. The zero-order valence-electron chi connectivity index (χ0n) is 19.8. The van der Waals surface area contributed by atoms with E-state index in [0.717, 1.165) is 42.8 Å². The zero-order chi connectivity index (χ0) is 22.9. The number of hydrogen-bond acceptors (Lipinski definition) is 5. The van der Waals surface area contributed by atoms with E-state index in [4.69, 9.17) is 9.52 Å². The Morgan fingerprint density at radius 2 is 1.94 bits per heavy atom. The van der Waals surface area contributed by atoms with Gasteiger partial charge in [0, 0.05) is 30.8 Å². The Morgan fingerprint density at radius 1 is 1.12 bits per heavy atom. The van der Waals surface area contributed by atoms with Crippen LogP contribution in [0.1, 0.15) is 74.3 Å². The van der Waals surface area contributed by atoms with Crippen LogP contribution in [0.5, 0.6) is 0 Å². The summed E-state index contributed by atoms with van der Waals surface area (Å²) in [6, 6.07) is 10.3. The van der Waals surface area contributed by atoms with Crippen LogP contribution in [0.4, 0.5) is 0 Å². The molecule has 0 unspecified atom stereocenters. The van der Waals surface area contributed by atoms with Crippen LogP contribution < -0.4 is 0 Å². The van der Waals surface area contributed by atoms with Gasteiger partial charge in [-0.05, 0) is 68.2 Å². The molecule has 2 fully saturated rings. The summed E-state index contributed by atoms with van der Waals surface area (Å²) in [5, 5.41) is 12.9. The molecule has 1 saturated carbocycles. The first-order chi connectivity index (χ1) is 16.0. The summed E-state index contributed by atoms with van der Waals surface area (Å²) in [5.41, 5.74) is 3.34. The Hall–Kier alpha value is -2.96. The van der Waals surface area contributed by atoms with Crippen LogP contribution in [0.3, 0.4) is 0 Å². The maximum atomic E-state index is 13.6. The van der Waals surface area contributed by atoms with Crippen molar-refractivity contribution in [2.45, 2.75) is 71.8 Å². The van der Waals surface area contributed by atoms with Crippen LogP contribution in [-0.4, -0.2) is 43.4 Å². The summed E-state index contributed by atoms with van der Waals surface area (Å²) in [4.78, 5) is 15.7. The first-order valence-electron chi connectivity index (χ1n) is 12.3. The summed E-state index contributed by atoms with van der Waals surface area (Å²) >= 11 is 0. The van der Waals surface area contributed by atoms with Gasteiger partial charge in [0.2, 0.25) is 5.89 Å². The van der Waals surface area contributed by atoms with Crippen molar-refractivity contribution in [3.8, 4) is 17.3 Å². The van der Waals surface area contributed by atoms with Crippen LogP contribution in [0.2, 0.25) is 0 Å². The Kier molecular flexibility index (Phi) is 6.04. The molecule has 1 aliphatic heterocycles. The molecule has 0 spiro atoms. The largest absolute Gasteiger partial charge is 0.420 e. The molecule has 5 rings (SSSR count). The van der Waals surface area contributed by atoms with Gasteiger partial charge in [-0.15, -0.1) is 10.2 Å². The number of piperidine rings is 1. The molecule has 0 radical (unpaired) electrons. The molecule has 7 nitrogen and oxygen atoms in total. The predicted octanol–water partition coefficient (Wildman–Crippen LogP) is 5.22. The third-order valence-electron chi connectivity index (χ3n) is 6.99. The van der Waals surface area contributed by atoms with Gasteiger partial charge in [-0.25, -0.2) is 4.68 Å². The number of nitrogens with zero attached hydrogens (tertiary/aromatic N) is 5. The number of carbonyl (C=O) groups excluding carboxylic acids is 1. The van der Waals surface area contributed by atoms with E-state index >= 15 is 0 Å². The molecule has 1 saturated heterocycles. The van der Waals surface area contributed by atoms with E-state index in [1.165, 1.54) is 25.7 Å². The average Bonchev–Trinajstić information content (AvgIpc) is 3.44. The van der Waals surface area contributed by atoms with Crippen molar-refractivity contribution in [1.29, 1.82) is 0 Å². The molecule has 174 valence electrons. The molecule has 1 aliphatic carbocycles. The third kappa shape index (κ3) is 4.45. The smallest absolute Gasteiger partial charge is 0.268 e. The van der Waals surface area contributed by atoms with Crippen LogP contribution >= 0.6 is 0 Å². The number of hydrogen-bond donors (Lipinski definition) is 0. The summed E-state index contributed by atoms with van der Waals surface area (Å²) in [6.07, 6.45) is 8.16. The second-order valence-electron chi connectivity index (χ2n) is 9.96. The molecule has 7 heteroatoms. The molecule has 2 aliphatic rings. The fraction of sp³-hybridized carbons (Fsp3) is 0.538. The van der Waals surface area contributed by atoms with Gasteiger partial charge in [-0.1, -0.05) is 32.8 Å². The summed E-state index contributed by atoms with van der Waals surface area (Å²) < 4.78 is 7.53. The lowest BCUT2D eigenvalue weighted by atomic mass is 9.78. The number of aryl methyl sites for hydroxylation is 1. The van der Waals surface area contributed by atoms with Crippen LogP contribution in [-0.2, 0) is 6.42 Å². The lowest BCUT2D eigenvalue weighted by Crippen LogP contribution is -2.49. The SMILES string of the molecule is Cc1nnc(-c2cc(CC(C)C)n(-c3cccc(C(=O)N4CCC[C@@H]5CCCC[C@H]54)c3)n2)o1. The maximum absolute atomic E-state index is 13.6. The number of likely N-dealkylation sites (tertiary alicyclic amines) is 1. The Morgan fingerprint density at radius 3 is 2.73 bits per heavy atom. The summed E-state index contributed by atoms with van der Waals surface area (Å²) in [5.74, 6) is 2.21. The Labute approximate surface area is 195 Å². The van der Waals surface area contributed by atoms with E-state index < -0.39 is 0 Å². The molecule has 3 heterocycles. The van der Waals surface area contributed by atoms with Gasteiger partial charge in [0.15, 0.2) is 0 Å². The maximum Gasteiger partial charge on any atom is 0.268 e. The standard InChI is InChI=1S/C26H33N5O2/c1-17(2)14-22-16-23(25-28-27-18(3)33-25)29-31(22)21-11-6-9-20(15-21)26(32)30-13-7-10-19-8-4-5-12-24(19)30/h6,9,11,15-17,19,24H,4-5,7-8,10,12-14H2,1-3H3/t19-,24+/m0/s1. The fourth-order valence-corrected chi connectivity index (χ4v) is 5.53. The van der Waals surface area contributed by atoms with Crippen molar-refractivity contribution in [2.24, 2.45) is 11.8 Å². The van der Waals surface area contributed by atoms with Gasteiger partial charge in [0.25, 0.3) is 11.8 Å². The molecule has 1 amide bonds. The van der Waals surface area contributed by atoms with Gasteiger partial charge in [0.1, 0.15) is 5.69 Å². The highest BCUT2D eigenvalue weighted by atomic mass is 16.4. The van der Waals surface area contributed by atoms with Crippen molar-refractivity contribution in [3.63, 3.8) is 0 Å². The van der Waals surface area contributed by atoms with Gasteiger partial charge in [-0.2, -0.15) is 5.10 Å². The van der Waals surface area contributed by atoms with Crippen LogP contribution in [0.25, 0.3) is 17.3 Å². The zero-order valence-corrected chi connectivity index (χ0v) is 19.8. The predicted molar refractivity (Wildman–Crippen MR) is 126 cm³/mol. The van der Waals surface area contributed by atoms with Crippen molar-refractivity contribution in [3.05, 3.63) is 47.5 Å². The number of amides is 1. The molecule has 3 aromatic rings. The van der Waals surface area contributed by atoms with Gasteiger partial charge < -0.3 is 9.32 Å². The van der Waals surface area contributed by atoms with E-state index in [2.05, 4.69) is 28.9 Å². The number of carbonyl (C=O) groups is 1. The molecule has 2 atom stereocenters. The van der Waals surface area contributed by atoms with Gasteiger partial charge in [-0.3, -0.25) is 4.79 Å². The second-order valence-corrected chi connectivity index (χ2v) is 9.96. The minimum absolute atomic E-state index is 0.152. The van der Waals surface area contributed by atoms with E-state index in [1.807, 2.05) is 35.0 Å². The normalized spacial score (nSPS) is 20.8. The fourth-order valence-electron chi connectivity index (χ4n) is 5.53. The molecule has 0 N–H and O–H groups in total. The molecule has 33 heavy (non-hydrogen) atoms. The first-order valence-corrected chi connectivity index (χ1v) is 12.3. The highest BCUT2D eigenvalue weighted by Crippen LogP contribution is 2.36. The van der Waals surface area contributed by atoms with Crippen LogP contribution in [0.15, 0.2) is 34.7 Å². The number of benzene rings is 1. The number of fused-ring (bicyclic) bond motifs is 1. The van der Waals surface area contributed by atoms with Crippen molar-refractivity contribution in [1.82, 2.24) is 24.9 Å². The molecule has 0 bridgehead atoms. The van der Waals surface area contributed by atoms with Gasteiger partial charge in [0.05, 0.1) is 5.69 Å². The summed E-state index contributed by atoms with van der Waals surface area (Å²) in [6.45, 7) is 7.01. The van der Waals surface area contributed by atoms with Crippen molar-refractivity contribution in [2.75, 3.05) is 6.54 Å².